The fourth-order valence-electron chi connectivity index (χ4n) is 2.48. The minimum absolute atomic E-state index is 0. The quantitative estimate of drug-likeness (QED) is 0.272. The van der Waals surface area contributed by atoms with Gasteiger partial charge in [0.15, 0.2) is 11.6 Å². The number of aromatic nitrogens is 9. The van der Waals surface area contributed by atoms with E-state index in [1.807, 2.05) is 79.1 Å². The summed E-state index contributed by atoms with van der Waals surface area (Å²) in [5.74, 6) is 1.80. The Hall–Kier alpha value is -3.21. The van der Waals surface area contributed by atoms with Crippen molar-refractivity contribution >= 4 is 9.64 Å². The van der Waals surface area contributed by atoms with E-state index in [9.17, 15) is 0 Å². The molecular formula is C23H31ClN9Os. The van der Waals surface area contributed by atoms with Gasteiger partial charge in [-0.2, -0.15) is 5.10 Å². The summed E-state index contributed by atoms with van der Waals surface area (Å²) in [4.78, 5) is 20.4. The Labute approximate surface area is 215 Å². The van der Waals surface area contributed by atoms with Crippen LogP contribution in [0.25, 0.3) is 23.0 Å². The average molecular weight is 659 g/mol. The van der Waals surface area contributed by atoms with Gasteiger partial charge in [-0.15, -0.1) is 0 Å². The van der Waals surface area contributed by atoms with Gasteiger partial charge in [0.1, 0.15) is 24.0 Å². The summed E-state index contributed by atoms with van der Waals surface area (Å²) in [7, 11) is 10.4. The van der Waals surface area contributed by atoms with Gasteiger partial charge < -0.3 is 9.13 Å². The number of hydrogen-bond acceptors (Lipinski definition) is 6. The van der Waals surface area contributed by atoms with E-state index in [1.54, 1.807) is 35.8 Å². The first-order valence-corrected chi connectivity index (χ1v) is 12.5. The van der Waals surface area contributed by atoms with Gasteiger partial charge in [0.25, 0.3) is 0 Å². The van der Waals surface area contributed by atoms with Crippen LogP contribution in [0, 0.1) is 0 Å². The Morgan fingerprint density at radius 1 is 0.676 bits per heavy atom. The van der Waals surface area contributed by atoms with E-state index in [2.05, 4.69) is 39.7 Å². The third-order valence-electron chi connectivity index (χ3n) is 3.96. The third-order valence-corrected chi connectivity index (χ3v) is 3.96. The van der Waals surface area contributed by atoms with Crippen LogP contribution in [0.2, 0.25) is 0 Å². The number of aryl methyl sites for hydroxylation is 3. The summed E-state index contributed by atoms with van der Waals surface area (Å²) in [6, 6.07) is 11.6. The van der Waals surface area contributed by atoms with Crippen molar-refractivity contribution in [2.75, 3.05) is 0 Å². The zero-order chi connectivity index (χ0) is 23.2. The number of nitrogens with zero attached hydrogens (tertiary/aromatic N) is 9. The molecule has 0 N–H and O–H groups in total. The van der Waals surface area contributed by atoms with Crippen molar-refractivity contribution in [2.45, 2.75) is 14.9 Å². The third kappa shape index (κ3) is 9.73. The number of halogens is 1. The molecule has 0 unspecified atom stereocenters. The molecule has 11 heteroatoms. The predicted molar refractivity (Wildman–Crippen MR) is 133 cm³/mol. The molecule has 34 heavy (non-hydrogen) atoms. The van der Waals surface area contributed by atoms with Gasteiger partial charge in [-0.25, -0.2) is 15.0 Å². The normalized spacial score (nSPS) is 8.85. The van der Waals surface area contributed by atoms with Gasteiger partial charge in [-0.05, 0) is 24.3 Å². The summed E-state index contributed by atoms with van der Waals surface area (Å²) in [6.45, 7) is 0. The molecule has 0 aliphatic carbocycles. The molecule has 0 aliphatic heterocycles. The molecule has 183 valence electrons. The number of imidazole rings is 2. The van der Waals surface area contributed by atoms with Crippen molar-refractivity contribution < 1.29 is 17.6 Å². The molecule has 5 heterocycles. The van der Waals surface area contributed by atoms with E-state index in [0.717, 1.165) is 23.0 Å². The molecular weight excluding hydrogens is 628 g/mol. The number of pyridine rings is 2. The minimum atomic E-state index is 0. The SMILES string of the molecule is C.C.Cn1ccnc1-c1ccccn1.Cn1ccnc1-c1ccccn1.Cn1cncn1.[Cl][Os]. The van der Waals surface area contributed by atoms with E-state index >= 15 is 0 Å². The number of rotatable bonds is 2. The molecule has 0 aromatic carbocycles. The van der Waals surface area contributed by atoms with Gasteiger partial charge >= 0.3 is 27.2 Å². The fourth-order valence-corrected chi connectivity index (χ4v) is 2.48. The zero-order valence-corrected chi connectivity index (χ0v) is 21.1. The van der Waals surface area contributed by atoms with Crippen molar-refractivity contribution in [3.05, 3.63) is 86.2 Å². The molecule has 0 spiro atoms. The molecule has 0 fully saturated rings. The molecule has 0 atom stereocenters. The molecule has 0 bridgehead atoms. The van der Waals surface area contributed by atoms with E-state index in [0.29, 0.717) is 0 Å². The van der Waals surface area contributed by atoms with Crippen LogP contribution in [-0.2, 0) is 38.7 Å². The standard InChI is InChI=1S/2C9H9N3.C3H5N3.2CH4.ClH.Os/c2*1-12-7-6-11-9(12)8-4-2-3-5-10-8;1-6-3-4-2-5-6;;;;/h2*2-7H,1H3;2-3H,1H3;2*1H4;1H;/q;;;;;;+1/p-1. The second-order valence-corrected chi connectivity index (χ2v) is 6.22. The van der Waals surface area contributed by atoms with Gasteiger partial charge in [0, 0.05) is 58.3 Å². The van der Waals surface area contributed by atoms with Crippen molar-refractivity contribution in [2.24, 2.45) is 21.1 Å². The second kappa shape index (κ2) is 17.3. The molecule has 5 aromatic rings. The Kier molecular flexibility index (Phi) is 15.7. The molecule has 0 aliphatic rings. The van der Waals surface area contributed by atoms with Crippen molar-refractivity contribution in [1.29, 1.82) is 0 Å². The topological polar surface area (TPSA) is 92.1 Å². The van der Waals surface area contributed by atoms with Crippen LogP contribution in [0.4, 0.5) is 0 Å². The van der Waals surface area contributed by atoms with Crippen molar-refractivity contribution in [3.8, 4) is 23.0 Å². The van der Waals surface area contributed by atoms with Crippen molar-refractivity contribution in [1.82, 2.24) is 43.8 Å². The molecule has 0 amide bonds. The summed E-state index contributed by atoms with van der Waals surface area (Å²) >= 11 is 1.33. The van der Waals surface area contributed by atoms with Crippen LogP contribution in [0.5, 0.6) is 0 Å². The van der Waals surface area contributed by atoms with Crippen LogP contribution < -0.4 is 0 Å². The van der Waals surface area contributed by atoms with E-state index in [4.69, 9.17) is 0 Å². The Morgan fingerprint density at radius 3 is 1.38 bits per heavy atom. The van der Waals surface area contributed by atoms with Crippen LogP contribution in [0.15, 0.2) is 86.2 Å². The van der Waals surface area contributed by atoms with E-state index in [-0.39, 0.29) is 14.9 Å². The van der Waals surface area contributed by atoms with Gasteiger partial charge in [0.05, 0.1) is 0 Å². The van der Waals surface area contributed by atoms with E-state index < -0.39 is 0 Å². The molecule has 0 radical (unpaired) electrons. The van der Waals surface area contributed by atoms with Gasteiger partial charge in [0.2, 0.25) is 0 Å². The number of hydrogen-bond donors (Lipinski definition) is 0. The monoisotopic (exact) mass is 660 g/mol. The predicted octanol–water partition coefficient (Wildman–Crippen LogP) is 4.74. The first-order chi connectivity index (χ1) is 15.6. The van der Waals surface area contributed by atoms with Gasteiger partial charge in [-0.3, -0.25) is 14.6 Å². The average Bonchev–Trinajstić information content (AvgIpc) is 3.60. The molecule has 0 saturated heterocycles. The van der Waals surface area contributed by atoms with Crippen LogP contribution in [-0.4, -0.2) is 43.8 Å². The zero-order valence-electron chi connectivity index (χ0n) is 17.8. The van der Waals surface area contributed by atoms with Crippen molar-refractivity contribution in [3.63, 3.8) is 0 Å². The molecule has 5 rings (SSSR count). The Morgan fingerprint density at radius 2 is 1.15 bits per heavy atom. The molecule has 5 aromatic heterocycles. The Bertz CT molecular complexity index is 1050. The second-order valence-electron chi connectivity index (χ2n) is 6.22. The van der Waals surface area contributed by atoms with Crippen LogP contribution in [0.3, 0.4) is 0 Å². The summed E-state index contributed by atoms with van der Waals surface area (Å²) < 4.78 is 5.53. The first kappa shape index (κ1) is 30.8. The summed E-state index contributed by atoms with van der Waals surface area (Å²) in [6.07, 6.45) is 14.0. The molecule has 9 nitrogen and oxygen atoms in total. The van der Waals surface area contributed by atoms with Crippen LogP contribution in [0.1, 0.15) is 14.9 Å². The van der Waals surface area contributed by atoms with E-state index in [1.165, 1.54) is 23.9 Å². The first-order valence-electron chi connectivity index (χ1n) is 9.34. The fraction of sp³-hybridized carbons (Fsp3) is 0.217. The van der Waals surface area contributed by atoms with Crippen LogP contribution >= 0.6 is 9.64 Å². The summed E-state index contributed by atoms with van der Waals surface area (Å²) in [5.41, 5.74) is 1.81. The maximum atomic E-state index is 4.67. The maximum absolute atomic E-state index is 4.67. The summed E-state index contributed by atoms with van der Waals surface area (Å²) in [5, 5.41) is 3.72. The van der Waals surface area contributed by atoms with Gasteiger partial charge in [-0.1, -0.05) is 27.0 Å². The Balaban J connectivity index is 0.000000471. The molecule has 0 saturated carbocycles.